The number of benzene rings is 2. The molecule has 5 nitrogen and oxygen atoms in total. The molecular formula is C20H18Cl2N4O. The zero-order valence-electron chi connectivity index (χ0n) is 14.6. The third-order valence-electron chi connectivity index (χ3n) is 4.86. The summed E-state index contributed by atoms with van der Waals surface area (Å²) in [7, 11) is 0. The topological polar surface area (TPSA) is 52.2 Å². The zero-order valence-corrected chi connectivity index (χ0v) is 16.1. The lowest BCUT2D eigenvalue weighted by Gasteiger charge is -2.34. The summed E-state index contributed by atoms with van der Waals surface area (Å²) < 4.78 is 0. The molecule has 3 aromatic rings. The van der Waals surface area contributed by atoms with Crippen molar-refractivity contribution in [2.24, 2.45) is 0 Å². The molecule has 1 aliphatic rings. The normalized spacial score (nSPS) is 14.6. The van der Waals surface area contributed by atoms with E-state index in [-0.39, 0.29) is 5.91 Å². The first-order valence-electron chi connectivity index (χ1n) is 8.67. The molecule has 2 aromatic carbocycles. The number of aromatic nitrogens is 2. The van der Waals surface area contributed by atoms with E-state index in [4.69, 9.17) is 23.2 Å². The molecule has 0 unspecified atom stereocenters. The van der Waals surface area contributed by atoms with Gasteiger partial charge in [-0.1, -0.05) is 48.0 Å². The van der Waals surface area contributed by atoms with Gasteiger partial charge >= 0.3 is 0 Å². The van der Waals surface area contributed by atoms with Crippen LogP contribution in [0, 0.1) is 0 Å². The highest BCUT2D eigenvalue weighted by atomic mass is 35.5. The molecule has 2 heterocycles. The van der Waals surface area contributed by atoms with Gasteiger partial charge in [-0.3, -0.25) is 9.89 Å². The van der Waals surface area contributed by atoms with E-state index in [1.54, 1.807) is 4.90 Å². The number of halogens is 2. The van der Waals surface area contributed by atoms with Crippen molar-refractivity contribution in [1.29, 1.82) is 0 Å². The largest absolute Gasteiger partial charge is 0.351 e. The van der Waals surface area contributed by atoms with Gasteiger partial charge < -0.3 is 9.80 Å². The lowest BCUT2D eigenvalue weighted by Crippen LogP contribution is -2.48. The van der Waals surface area contributed by atoms with Crippen LogP contribution in [0.3, 0.4) is 0 Å². The summed E-state index contributed by atoms with van der Waals surface area (Å²) >= 11 is 12.9. The van der Waals surface area contributed by atoms with Crippen LogP contribution in [0.15, 0.2) is 49.1 Å². The summed E-state index contributed by atoms with van der Waals surface area (Å²) in [6, 6.07) is 11.5. The van der Waals surface area contributed by atoms with Gasteiger partial charge in [-0.15, -0.1) is 0 Å². The van der Waals surface area contributed by atoms with Crippen LogP contribution in [-0.2, 0) is 4.79 Å². The fraction of sp³-hybridized carbons (Fsp3) is 0.200. The summed E-state index contributed by atoms with van der Waals surface area (Å²) in [4.78, 5) is 15.8. The van der Waals surface area contributed by atoms with Crippen molar-refractivity contribution in [3.8, 4) is 11.1 Å². The molecule has 1 N–H and O–H groups in total. The number of carbonyl (C=O) groups is 1. The monoisotopic (exact) mass is 400 g/mol. The molecule has 0 atom stereocenters. The maximum Gasteiger partial charge on any atom is 0.246 e. The highest BCUT2D eigenvalue weighted by Gasteiger charge is 2.23. The summed E-state index contributed by atoms with van der Waals surface area (Å²) in [6.07, 6.45) is 1.36. The lowest BCUT2D eigenvalue weighted by molar-refractivity contribution is -0.126. The van der Waals surface area contributed by atoms with Gasteiger partial charge in [-0.25, -0.2) is 0 Å². The SMILES string of the molecule is C=CC(=O)N1CCN(c2n[nH]c3cc(Cl)c(-c4ccccc4Cl)cc23)CC1. The number of amides is 1. The van der Waals surface area contributed by atoms with Crippen LogP contribution in [0.5, 0.6) is 0 Å². The molecule has 0 aliphatic carbocycles. The molecule has 7 heteroatoms. The number of carbonyl (C=O) groups excluding carboxylic acids is 1. The Morgan fingerprint density at radius 3 is 2.52 bits per heavy atom. The van der Waals surface area contributed by atoms with E-state index >= 15 is 0 Å². The first-order valence-corrected chi connectivity index (χ1v) is 9.43. The van der Waals surface area contributed by atoms with Crippen LogP contribution in [0.4, 0.5) is 5.82 Å². The smallest absolute Gasteiger partial charge is 0.246 e. The second kappa shape index (κ2) is 7.25. The molecule has 138 valence electrons. The zero-order chi connectivity index (χ0) is 19.0. The molecule has 0 radical (unpaired) electrons. The molecule has 0 saturated carbocycles. The number of hydrogen-bond donors (Lipinski definition) is 1. The molecule has 1 aliphatic heterocycles. The standard InChI is InChI=1S/C20H18Cl2N4O/c1-2-19(27)25-7-9-26(10-8-25)20-15-11-14(13-5-3-4-6-16(13)21)17(22)12-18(15)23-24-20/h2-6,11-12H,1,7-10H2,(H,23,24). The molecule has 1 amide bonds. The summed E-state index contributed by atoms with van der Waals surface area (Å²) in [5.74, 6) is 0.829. The van der Waals surface area contributed by atoms with E-state index in [9.17, 15) is 4.79 Å². The third kappa shape index (κ3) is 3.29. The molecule has 0 bridgehead atoms. The van der Waals surface area contributed by atoms with Crippen molar-refractivity contribution in [3.63, 3.8) is 0 Å². The first kappa shape index (κ1) is 17.9. The van der Waals surface area contributed by atoms with Gasteiger partial charge in [-0.05, 0) is 24.3 Å². The number of nitrogens with zero attached hydrogens (tertiary/aromatic N) is 3. The average Bonchev–Trinajstić information content (AvgIpc) is 3.10. The molecule has 4 rings (SSSR count). The van der Waals surface area contributed by atoms with Crippen molar-refractivity contribution in [1.82, 2.24) is 15.1 Å². The number of anilines is 1. The van der Waals surface area contributed by atoms with E-state index in [1.807, 2.05) is 36.4 Å². The molecule has 0 spiro atoms. The Kier molecular flexibility index (Phi) is 4.81. The number of nitrogens with one attached hydrogen (secondary N) is 1. The van der Waals surface area contributed by atoms with E-state index in [1.165, 1.54) is 6.08 Å². The average molecular weight is 401 g/mol. The summed E-state index contributed by atoms with van der Waals surface area (Å²) in [5.41, 5.74) is 2.63. The maximum atomic E-state index is 11.8. The summed E-state index contributed by atoms with van der Waals surface area (Å²) in [6.45, 7) is 6.26. The molecule has 27 heavy (non-hydrogen) atoms. The van der Waals surface area contributed by atoms with Crippen LogP contribution < -0.4 is 4.90 Å². The number of aromatic amines is 1. The van der Waals surface area contributed by atoms with Crippen molar-refractivity contribution in [2.45, 2.75) is 0 Å². The van der Waals surface area contributed by atoms with E-state index in [2.05, 4.69) is 21.7 Å². The minimum absolute atomic E-state index is 0.0330. The van der Waals surface area contributed by atoms with Gasteiger partial charge in [0.1, 0.15) is 0 Å². The van der Waals surface area contributed by atoms with Crippen molar-refractivity contribution < 1.29 is 4.79 Å². The number of H-pyrrole nitrogens is 1. The predicted octanol–water partition coefficient (Wildman–Crippen LogP) is 4.37. The Morgan fingerprint density at radius 1 is 1.07 bits per heavy atom. The Labute approximate surface area is 167 Å². The van der Waals surface area contributed by atoms with Gasteiger partial charge in [-0.2, -0.15) is 5.10 Å². The molecular weight excluding hydrogens is 383 g/mol. The van der Waals surface area contributed by atoms with Crippen molar-refractivity contribution in [2.75, 3.05) is 31.1 Å². The number of piperazine rings is 1. The summed E-state index contributed by atoms with van der Waals surface area (Å²) in [5, 5.41) is 9.81. The molecule has 1 aromatic heterocycles. The second-order valence-electron chi connectivity index (χ2n) is 6.42. The predicted molar refractivity (Wildman–Crippen MR) is 111 cm³/mol. The highest BCUT2D eigenvalue weighted by Crippen LogP contribution is 2.38. The van der Waals surface area contributed by atoms with E-state index < -0.39 is 0 Å². The van der Waals surface area contributed by atoms with Gasteiger partial charge in [0.2, 0.25) is 5.91 Å². The van der Waals surface area contributed by atoms with E-state index in [0.717, 1.165) is 27.8 Å². The first-order chi connectivity index (χ1) is 13.1. The van der Waals surface area contributed by atoms with Crippen LogP contribution in [0.25, 0.3) is 22.0 Å². The van der Waals surface area contributed by atoms with Gasteiger partial charge in [0.25, 0.3) is 0 Å². The fourth-order valence-corrected chi connectivity index (χ4v) is 3.92. The lowest BCUT2D eigenvalue weighted by atomic mass is 10.0. The second-order valence-corrected chi connectivity index (χ2v) is 7.24. The number of fused-ring (bicyclic) bond motifs is 1. The van der Waals surface area contributed by atoms with Crippen molar-refractivity contribution in [3.05, 3.63) is 59.1 Å². The van der Waals surface area contributed by atoms with Gasteiger partial charge in [0.15, 0.2) is 5.82 Å². The minimum Gasteiger partial charge on any atom is -0.351 e. The highest BCUT2D eigenvalue weighted by molar-refractivity contribution is 6.37. The van der Waals surface area contributed by atoms with Gasteiger partial charge in [0, 0.05) is 47.7 Å². The van der Waals surface area contributed by atoms with Crippen LogP contribution in [-0.4, -0.2) is 47.2 Å². The minimum atomic E-state index is -0.0330. The Hall–Kier alpha value is -2.50. The Morgan fingerprint density at radius 2 is 1.81 bits per heavy atom. The third-order valence-corrected chi connectivity index (χ3v) is 5.50. The van der Waals surface area contributed by atoms with Gasteiger partial charge in [0.05, 0.1) is 10.5 Å². The Balaban J connectivity index is 1.69. The Bertz CT molecular complexity index is 1020. The van der Waals surface area contributed by atoms with Crippen LogP contribution in [0.2, 0.25) is 10.0 Å². The van der Waals surface area contributed by atoms with Crippen LogP contribution >= 0.6 is 23.2 Å². The number of rotatable bonds is 3. The molecule has 1 saturated heterocycles. The van der Waals surface area contributed by atoms with Crippen LogP contribution in [0.1, 0.15) is 0 Å². The molecule has 1 fully saturated rings. The number of hydrogen-bond acceptors (Lipinski definition) is 3. The van der Waals surface area contributed by atoms with Crippen molar-refractivity contribution >= 4 is 45.8 Å². The quantitative estimate of drug-likeness (QED) is 0.663. The fourth-order valence-electron chi connectivity index (χ4n) is 3.42. The van der Waals surface area contributed by atoms with E-state index in [0.29, 0.717) is 36.2 Å². The maximum absolute atomic E-state index is 11.8.